The fourth-order valence-electron chi connectivity index (χ4n) is 1.89. The molecule has 1 aromatic rings. The van der Waals surface area contributed by atoms with Crippen molar-refractivity contribution in [2.45, 2.75) is 46.1 Å². The summed E-state index contributed by atoms with van der Waals surface area (Å²) in [6.07, 6.45) is 0.599. The number of rotatable bonds is 6. The molecule has 1 amide bonds. The molecule has 0 radical (unpaired) electrons. The Morgan fingerprint density at radius 1 is 1.40 bits per heavy atom. The number of aromatic amines is 1. The quantitative estimate of drug-likeness (QED) is 0.694. The Morgan fingerprint density at radius 3 is 2.55 bits per heavy atom. The van der Waals surface area contributed by atoms with E-state index in [1.807, 2.05) is 0 Å². The van der Waals surface area contributed by atoms with Gasteiger partial charge in [0.2, 0.25) is 5.91 Å². The van der Waals surface area contributed by atoms with Crippen LogP contribution in [-0.4, -0.2) is 33.0 Å². The Kier molecular flexibility index (Phi) is 5.42. The number of amides is 1. The summed E-state index contributed by atoms with van der Waals surface area (Å²) in [5, 5.41) is 11.3. The number of aliphatic carboxylic acids is 1. The van der Waals surface area contributed by atoms with Crippen molar-refractivity contribution in [1.29, 1.82) is 0 Å². The van der Waals surface area contributed by atoms with Crippen molar-refractivity contribution in [3.05, 3.63) is 27.4 Å². The molecule has 7 nitrogen and oxygen atoms in total. The smallest absolute Gasteiger partial charge is 0.326 e. The lowest BCUT2D eigenvalue weighted by Crippen LogP contribution is -2.40. The molecule has 0 spiro atoms. The number of carbonyl (C=O) groups is 2. The highest BCUT2D eigenvalue weighted by Crippen LogP contribution is 2.03. The summed E-state index contributed by atoms with van der Waals surface area (Å²) in [5.41, 5.74) is 0.784. The molecule has 0 unspecified atom stereocenters. The number of carbonyl (C=O) groups excluding carboxylic acids is 1. The maximum absolute atomic E-state index is 11.7. The van der Waals surface area contributed by atoms with E-state index in [1.165, 1.54) is 0 Å². The molecular formula is C13H19N3O4. The fourth-order valence-corrected chi connectivity index (χ4v) is 1.89. The van der Waals surface area contributed by atoms with E-state index in [9.17, 15) is 14.4 Å². The van der Waals surface area contributed by atoms with Gasteiger partial charge < -0.3 is 15.4 Å². The van der Waals surface area contributed by atoms with E-state index in [1.54, 1.807) is 20.8 Å². The Bertz CT molecular complexity index is 565. The highest BCUT2D eigenvalue weighted by molar-refractivity contribution is 5.83. The molecule has 0 fully saturated rings. The molecule has 1 heterocycles. The van der Waals surface area contributed by atoms with E-state index < -0.39 is 17.9 Å². The van der Waals surface area contributed by atoms with Crippen LogP contribution in [0.4, 0.5) is 0 Å². The van der Waals surface area contributed by atoms with Crippen LogP contribution < -0.4 is 10.9 Å². The normalized spacial score (nSPS) is 11.9. The number of carboxylic acids is 1. The summed E-state index contributed by atoms with van der Waals surface area (Å²) >= 11 is 0. The standard InChI is InChI=1S/C13H19N3O4/c1-4-10(13(19)20)16-11(17)6-5-9-7(2)14-8(3)15-12(9)18/h10H,4-6H2,1-3H3,(H,16,17)(H,19,20)(H,14,15,18)/t10-/m1/s1. The van der Waals surface area contributed by atoms with Gasteiger partial charge in [-0.2, -0.15) is 0 Å². The lowest BCUT2D eigenvalue weighted by atomic mass is 10.1. The summed E-state index contributed by atoms with van der Waals surface area (Å²) < 4.78 is 0. The van der Waals surface area contributed by atoms with Crippen LogP contribution >= 0.6 is 0 Å². The predicted octanol–water partition coefficient (Wildman–Crippen LogP) is 0.299. The Hall–Kier alpha value is -2.18. The molecular weight excluding hydrogens is 262 g/mol. The SMILES string of the molecule is CC[C@@H](NC(=O)CCc1c(C)nc(C)[nH]c1=O)C(=O)O. The zero-order valence-electron chi connectivity index (χ0n) is 11.8. The molecule has 0 aromatic carbocycles. The topological polar surface area (TPSA) is 112 Å². The van der Waals surface area contributed by atoms with Crippen molar-refractivity contribution < 1.29 is 14.7 Å². The molecule has 0 aliphatic rings. The second kappa shape index (κ2) is 6.83. The van der Waals surface area contributed by atoms with Crippen molar-refractivity contribution in [2.75, 3.05) is 0 Å². The van der Waals surface area contributed by atoms with Gasteiger partial charge in [0.05, 0.1) is 0 Å². The minimum Gasteiger partial charge on any atom is -0.480 e. The first kappa shape index (κ1) is 15.9. The number of hydrogen-bond acceptors (Lipinski definition) is 4. The van der Waals surface area contributed by atoms with Gasteiger partial charge >= 0.3 is 5.97 Å². The average Bonchev–Trinajstić information content (AvgIpc) is 2.34. The second-order valence-corrected chi connectivity index (χ2v) is 4.58. The van der Waals surface area contributed by atoms with Crippen LogP contribution in [-0.2, 0) is 16.0 Å². The van der Waals surface area contributed by atoms with Crippen molar-refractivity contribution in [1.82, 2.24) is 15.3 Å². The number of aryl methyl sites for hydroxylation is 2. The van der Waals surface area contributed by atoms with Crippen LogP contribution in [0.25, 0.3) is 0 Å². The predicted molar refractivity (Wildman–Crippen MR) is 72.5 cm³/mol. The van der Waals surface area contributed by atoms with Gasteiger partial charge in [0, 0.05) is 17.7 Å². The third-order valence-electron chi connectivity index (χ3n) is 2.98. The van der Waals surface area contributed by atoms with Gasteiger partial charge in [-0.05, 0) is 26.7 Å². The Morgan fingerprint density at radius 2 is 2.05 bits per heavy atom. The molecule has 20 heavy (non-hydrogen) atoms. The minimum absolute atomic E-state index is 0.0540. The molecule has 1 rings (SSSR count). The van der Waals surface area contributed by atoms with Crippen molar-refractivity contribution >= 4 is 11.9 Å². The first-order valence-corrected chi connectivity index (χ1v) is 6.43. The number of nitrogens with one attached hydrogen (secondary N) is 2. The number of nitrogens with zero attached hydrogens (tertiary/aromatic N) is 1. The average molecular weight is 281 g/mol. The Labute approximate surface area is 116 Å². The molecule has 1 aromatic heterocycles. The van der Waals surface area contributed by atoms with Crippen LogP contribution in [0.15, 0.2) is 4.79 Å². The monoisotopic (exact) mass is 281 g/mol. The lowest BCUT2D eigenvalue weighted by molar-refractivity contribution is -0.141. The second-order valence-electron chi connectivity index (χ2n) is 4.58. The van der Waals surface area contributed by atoms with Crippen molar-refractivity contribution in [2.24, 2.45) is 0 Å². The van der Waals surface area contributed by atoms with Gasteiger partial charge in [-0.25, -0.2) is 9.78 Å². The molecule has 3 N–H and O–H groups in total. The zero-order valence-corrected chi connectivity index (χ0v) is 11.8. The lowest BCUT2D eigenvalue weighted by Gasteiger charge is -2.12. The molecule has 0 saturated heterocycles. The van der Waals surface area contributed by atoms with Crippen molar-refractivity contribution in [3.8, 4) is 0 Å². The summed E-state index contributed by atoms with van der Waals surface area (Å²) in [7, 11) is 0. The first-order valence-electron chi connectivity index (χ1n) is 6.43. The summed E-state index contributed by atoms with van der Waals surface area (Å²) in [4.78, 5) is 40.9. The summed E-state index contributed by atoms with van der Waals surface area (Å²) in [5.74, 6) is -0.928. The number of hydrogen-bond donors (Lipinski definition) is 3. The summed E-state index contributed by atoms with van der Waals surface area (Å²) in [6, 6.07) is -0.891. The molecule has 110 valence electrons. The summed E-state index contributed by atoms with van der Waals surface area (Å²) in [6.45, 7) is 5.07. The van der Waals surface area contributed by atoms with E-state index in [4.69, 9.17) is 5.11 Å². The molecule has 0 aliphatic heterocycles. The molecule has 7 heteroatoms. The van der Waals surface area contributed by atoms with Gasteiger partial charge in [-0.3, -0.25) is 9.59 Å². The van der Waals surface area contributed by atoms with Crippen LogP contribution in [0.3, 0.4) is 0 Å². The third kappa shape index (κ3) is 4.18. The largest absolute Gasteiger partial charge is 0.480 e. The van der Waals surface area contributed by atoms with E-state index in [0.29, 0.717) is 23.5 Å². The van der Waals surface area contributed by atoms with Gasteiger partial charge in [0.25, 0.3) is 5.56 Å². The van der Waals surface area contributed by atoms with E-state index in [2.05, 4.69) is 15.3 Å². The van der Waals surface area contributed by atoms with E-state index in [0.717, 1.165) is 0 Å². The third-order valence-corrected chi connectivity index (χ3v) is 2.98. The van der Waals surface area contributed by atoms with E-state index in [-0.39, 0.29) is 18.4 Å². The maximum atomic E-state index is 11.7. The van der Waals surface area contributed by atoms with Gasteiger partial charge in [-0.15, -0.1) is 0 Å². The van der Waals surface area contributed by atoms with Crippen LogP contribution in [0.2, 0.25) is 0 Å². The first-order chi connectivity index (χ1) is 9.35. The van der Waals surface area contributed by atoms with Crippen LogP contribution in [0, 0.1) is 13.8 Å². The zero-order chi connectivity index (χ0) is 15.3. The van der Waals surface area contributed by atoms with Crippen LogP contribution in [0.5, 0.6) is 0 Å². The van der Waals surface area contributed by atoms with Gasteiger partial charge in [0.1, 0.15) is 11.9 Å². The van der Waals surface area contributed by atoms with Gasteiger partial charge in [0.15, 0.2) is 0 Å². The highest BCUT2D eigenvalue weighted by Gasteiger charge is 2.18. The Balaban J connectivity index is 2.66. The minimum atomic E-state index is -1.06. The number of carboxylic acid groups (broad SMARTS) is 1. The van der Waals surface area contributed by atoms with E-state index >= 15 is 0 Å². The highest BCUT2D eigenvalue weighted by atomic mass is 16.4. The van der Waals surface area contributed by atoms with Crippen LogP contribution in [0.1, 0.15) is 36.8 Å². The van der Waals surface area contributed by atoms with Crippen molar-refractivity contribution in [3.63, 3.8) is 0 Å². The fraction of sp³-hybridized carbons (Fsp3) is 0.538. The van der Waals surface area contributed by atoms with Gasteiger partial charge in [-0.1, -0.05) is 6.92 Å². The molecule has 0 bridgehead atoms. The number of H-pyrrole nitrogens is 1. The molecule has 1 atom stereocenters. The molecule has 0 aliphatic carbocycles. The molecule has 0 saturated carbocycles. The maximum Gasteiger partial charge on any atom is 0.326 e. The number of aromatic nitrogens is 2.